The first kappa shape index (κ1) is 18.2. The predicted molar refractivity (Wildman–Crippen MR) is 98.1 cm³/mol. The number of nitrogens with zero attached hydrogens (tertiary/aromatic N) is 3. The number of hydrogen-bond acceptors (Lipinski definition) is 5. The van der Waals surface area contributed by atoms with E-state index in [1.807, 2.05) is 24.4 Å². The molecule has 0 atom stereocenters. The Hall–Kier alpha value is -2.58. The van der Waals surface area contributed by atoms with Crippen molar-refractivity contribution in [2.24, 2.45) is 0 Å². The van der Waals surface area contributed by atoms with Crippen LogP contribution in [0.25, 0.3) is 16.4 Å². The lowest BCUT2D eigenvalue weighted by Crippen LogP contribution is -2.26. The molecule has 0 aliphatic carbocycles. The zero-order valence-corrected chi connectivity index (χ0v) is 15.1. The van der Waals surface area contributed by atoms with Gasteiger partial charge in [0, 0.05) is 19.8 Å². The van der Waals surface area contributed by atoms with Crippen molar-refractivity contribution in [3.05, 3.63) is 53.4 Å². The number of aromatic nitrogens is 3. The number of thiophene rings is 1. The first-order valence-electron chi connectivity index (χ1n) is 8.32. The summed E-state index contributed by atoms with van der Waals surface area (Å²) in [4.78, 5) is 17.6. The zero-order chi connectivity index (χ0) is 18.4. The quantitative estimate of drug-likeness (QED) is 0.614. The fraction of sp³-hybridized carbons (Fsp3) is 0.278. The Labute approximate surface area is 154 Å². The van der Waals surface area contributed by atoms with Crippen molar-refractivity contribution in [3.8, 4) is 16.4 Å². The molecule has 3 aromatic rings. The number of ether oxygens (including phenoxy) is 1. The molecule has 1 amide bonds. The normalized spacial score (nSPS) is 10.8. The van der Waals surface area contributed by atoms with E-state index in [4.69, 9.17) is 4.74 Å². The van der Waals surface area contributed by atoms with Gasteiger partial charge in [-0.2, -0.15) is 0 Å². The smallest absolute Gasteiger partial charge is 0.290 e. The predicted octanol–water partition coefficient (Wildman–Crippen LogP) is 3.29. The molecule has 26 heavy (non-hydrogen) atoms. The lowest BCUT2D eigenvalue weighted by atomic mass is 10.3. The molecule has 0 spiro atoms. The fourth-order valence-electron chi connectivity index (χ4n) is 2.34. The van der Waals surface area contributed by atoms with Crippen molar-refractivity contribution < 1.29 is 13.9 Å². The van der Waals surface area contributed by atoms with E-state index >= 15 is 0 Å². The highest BCUT2D eigenvalue weighted by Crippen LogP contribution is 2.25. The van der Waals surface area contributed by atoms with E-state index in [-0.39, 0.29) is 17.5 Å². The molecule has 0 fully saturated rings. The third-order valence-corrected chi connectivity index (χ3v) is 4.44. The molecule has 0 radical (unpaired) electrons. The van der Waals surface area contributed by atoms with Crippen molar-refractivity contribution in [2.45, 2.75) is 13.3 Å². The van der Waals surface area contributed by atoms with E-state index < -0.39 is 0 Å². The van der Waals surface area contributed by atoms with Gasteiger partial charge in [-0.05, 0) is 49.1 Å². The molecule has 0 saturated heterocycles. The van der Waals surface area contributed by atoms with Crippen LogP contribution in [0.2, 0.25) is 0 Å². The minimum atomic E-state index is -0.347. The van der Waals surface area contributed by atoms with E-state index in [1.165, 1.54) is 23.5 Å². The summed E-state index contributed by atoms with van der Waals surface area (Å²) >= 11 is 1.49. The number of halogens is 1. The number of rotatable bonds is 8. The van der Waals surface area contributed by atoms with Gasteiger partial charge in [0.1, 0.15) is 5.82 Å². The molecule has 8 heteroatoms. The van der Waals surface area contributed by atoms with Crippen molar-refractivity contribution in [1.29, 1.82) is 0 Å². The van der Waals surface area contributed by atoms with Crippen molar-refractivity contribution >= 4 is 17.2 Å². The number of benzene rings is 1. The summed E-state index contributed by atoms with van der Waals surface area (Å²) in [6.45, 7) is 3.66. The van der Waals surface area contributed by atoms with Crippen LogP contribution in [0.5, 0.6) is 0 Å². The van der Waals surface area contributed by atoms with E-state index in [2.05, 4.69) is 15.4 Å². The summed E-state index contributed by atoms with van der Waals surface area (Å²) < 4.78 is 20.0. The maximum absolute atomic E-state index is 13.2. The van der Waals surface area contributed by atoms with Crippen LogP contribution in [-0.4, -0.2) is 40.4 Å². The van der Waals surface area contributed by atoms with Crippen molar-refractivity contribution in [2.75, 3.05) is 19.8 Å². The molecule has 1 N–H and O–H groups in total. The van der Waals surface area contributed by atoms with Gasteiger partial charge in [-0.1, -0.05) is 6.07 Å². The van der Waals surface area contributed by atoms with Gasteiger partial charge < -0.3 is 10.1 Å². The van der Waals surface area contributed by atoms with Crippen molar-refractivity contribution in [1.82, 2.24) is 20.1 Å². The van der Waals surface area contributed by atoms with Crippen LogP contribution in [0.15, 0.2) is 41.8 Å². The Morgan fingerprint density at radius 1 is 1.31 bits per heavy atom. The van der Waals surface area contributed by atoms with Gasteiger partial charge in [0.15, 0.2) is 5.82 Å². The van der Waals surface area contributed by atoms with Crippen molar-refractivity contribution in [3.63, 3.8) is 0 Å². The summed E-state index contributed by atoms with van der Waals surface area (Å²) in [7, 11) is 0. The van der Waals surface area contributed by atoms with E-state index in [0.29, 0.717) is 31.3 Å². The lowest BCUT2D eigenvalue weighted by Gasteiger charge is -2.04. The molecule has 136 valence electrons. The molecular weight excluding hydrogens is 355 g/mol. The minimum absolute atomic E-state index is 0.0779. The molecule has 6 nitrogen and oxygen atoms in total. The van der Waals surface area contributed by atoms with Gasteiger partial charge in [0.05, 0.1) is 10.6 Å². The average molecular weight is 374 g/mol. The Morgan fingerprint density at radius 2 is 2.12 bits per heavy atom. The number of carbonyl (C=O) groups excluding carboxylic acids is 1. The lowest BCUT2D eigenvalue weighted by molar-refractivity contribution is 0.0934. The average Bonchev–Trinajstić information content (AvgIpc) is 3.31. The highest BCUT2D eigenvalue weighted by Gasteiger charge is 2.19. The van der Waals surface area contributed by atoms with Gasteiger partial charge in [0.2, 0.25) is 5.82 Å². The fourth-order valence-corrected chi connectivity index (χ4v) is 3.03. The maximum atomic E-state index is 13.2. The maximum Gasteiger partial charge on any atom is 0.290 e. The summed E-state index contributed by atoms with van der Waals surface area (Å²) in [5.74, 6) is -0.0563. The first-order chi connectivity index (χ1) is 12.7. The molecule has 0 bridgehead atoms. The Bertz CT molecular complexity index is 847. The number of hydrogen-bond donors (Lipinski definition) is 1. The molecule has 0 unspecified atom stereocenters. The second-order valence-corrected chi connectivity index (χ2v) is 6.38. The summed E-state index contributed by atoms with van der Waals surface area (Å²) in [6.07, 6.45) is 0.718. The number of nitrogens with one attached hydrogen (secondary N) is 1. The van der Waals surface area contributed by atoms with Gasteiger partial charge in [-0.3, -0.25) is 4.79 Å². The monoisotopic (exact) mass is 374 g/mol. The van der Waals surface area contributed by atoms with Crippen LogP contribution in [0, 0.1) is 5.82 Å². The molecule has 0 saturated carbocycles. The van der Waals surface area contributed by atoms with Gasteiger partial charge in [-0.15, -0.1) is 16.4 Å². The molecule has 2 heterocycles. The Balaban J connectivity index is 1.82. The second kappa shape index (κ2) is 8.68. The highest BCUT2D eigenvalue weighted by atomic mass is 32.1. The third-order valence-electron chi connectivity index (χ3n) is 3.58. The van der Waals surface area contributed by atoms with Gasteiger partial charge >= 0.3 is 0 Å². The third kappa shape index (κ3) is 4.33. The summed E-state index contributed by atoms with van der Waals surface area (Å²) in [5.41, 5.74) is 0.637. The largest absolute Gasteiger partial charge is 0.382 e. The summed E-state index contributed by atoms with van der Waals surface area (Å²) in [6, 6.07) is 9.71. The van der Waals surface area contributed by atoms with Gasteiger partial charge in [-0.25, -0.2) is 14.1 Å². The Morgan fingerprint density at radius 3 is 2.81 bits per heavy atom. The van der Waals surface area contributed by atoms with Gasteiger partial charge in [0.25, 0.3) is 5.91 Å². The summed E-state index contributed by atoms with van der Waals surface area (Å²) in [5, 5.41) is 9.04. The van der Waals surface area contributed by atoms with E-state index in [1.54, 1.807) is 16.8 Å². The van der Waals surface area contributed by atoms with Crippen LogP contribution in [0.1, 0.15) is 24.0 Å². The molecular formula is C18H19FN4O2S. The molecule has 2 aromatic heterocycles. The van der Waals surface area contributed by atoms with Crippen LogP contribution in [-0.2, 0) is 4.74 Å². The van der Waals surface area contributed by atoms with E-state index in [0.717, 1.165) is 11.3 Å². The number of amides is 1. The number of carbonyl (C=O) groups is 1. The SMILES string of the molecule is CCOCCCNC(=O)c1nc(-c2cccs2)n(-c2ccc(F)cc2)n1. The topological polar surface area (TPSA) is 69.0 Å². The Kier molecular flexibility index (Phi) is 6.08. The molecule has 3 rings (SSSR count). The standard InChI is InChI=1S/C18H19FN4O2S/c1-2-25-11-4-10-20-18(24)16-21-17(15-5-3-12-26-15)23(22-16)14-8-6-13(19)7-9-14/h3,5-9,12H,2,4,10-11H2,1H3,(H,20,24). The zero-order valence-electron chi connectivity index (χ0n) is 14.3. The highest BCUT2D eigenvalue weighted by molar-refractivity contribution is 7.13. The van der Waals surface area contributed by atoms with E-state index in [9.17, 15) is 9.18 Å². The molecule has 0 aliphatic heterocycles. The first-order valence-corrected chi connectivity index (χ1v) is 9.20. The molecule has 1 aromatic carbocycles. The minimum Gasteiger partial charge on any atom is -0.382 e. The van der Waals surface area contributed by atoms with Crippen LogP contribution in [0.3, 0.4) is 0 Å². The van der Waals surface area contributed by atoms with Crippen LogP contribution >= 0.6 is 11.3 Å². The second-order valence-electron chi connectivity index (χ2n) is 5.43. The van der Waals surface area contributed by atoms with Crippen LogP contribution in [0.4, 0.5) is 4.39 Å². The molecule has 0 aliphatic rings. The van der Waals surface area contributed by atoms with Crippen LogP contribution < -0.4 is 5.32 Å².